The third kappa shape index (κ3) is 6.89. The molecule has 0 unspecified atom stereocenters. The van der Waals surface area contributed by atoms with Gasteiger partial charge in [-0.05, 0) is 6.42 Å². The van der Waals surface area contributed by atoms with Crippen LogP contribution in [0, 0.1) is 18.4 Å². The van der Waals surface area contributed by atoms with E-state index in [0.29, 0.717) is 0 Å². The summed E-state index contributed by atoms with van der Waals surface area (Å²) in [6, 6.07) is 0. The number of hydrogen-bond acceptors (Lipinski definition) is 8. The highest BCUT2D eigenvalue weighted by atomic mass is 19.1. The van der Waals surface area contributed by atoms with Crippen LogP contribution in [-0.2, 0) is 14.3 Å². The van der Waals surface area contributed by atoms with Crippen LogP contribution in [0.4, 0.5) is 10.2 Å². The first kappa shape index (κ1) is 26.8. The zero-order valence-corrected chi connectivity index (χ0v) is 20.4. The number of fused-ring (bicyclic) bond motifs is 1. The van der Waals surface area contributed by atoms with E-state index in [1.165, 1.54) is 55.8 Å². The first-order valence-corrected chi connectivity index (χ1v) is 12.5. The van der Waals surface area contributed by atoms with E-state index >= 15 is 0 Å². The maximum atomic E-state index is 13.7. The van der Waals surface area contributed by atoms with Gasteiger partial charge in [-0.1, -0.05) is 70.6 Å². The third-order valence-electron chi connectivity index (χ3n) is 6.47. The largest absolute Gasteiger partial charge is 0.461 e. The molecule has 1 aliphatic heterocycles. The summed E-state index contributed by atoms with van der Waals surface area (Å²) in [6.07, 6.45) is 16.3. The molecule has 2 aromatic rings. The molecule has 3 heterocycles. The zero-order valence-electron chi connectivity index (χ0n) is 20.4. The average Bonchev–Trinajstić information content (AvgIpc) is 3.40. The van der Waals surface area contributed by atoms with Crippen molar-refractivity contribution in [3.8, 4) is 12.3 Å². The number of imidazole rings is 1. The Morgan fingerprint density at radius 2 is 1.91 bits per heavy atom. The molecule has 2 aromatic heterocycles. The Balaban J connectivity index is 1.43. The lowest BCUT2D eigenvalue weighted by Crippen LogP contribution is -2.43. The lowest BCUT2D eigenvalue weighted by atomic mass is 9.99. The van der Waals surface area contributed by atoms with Gasteiger partial charge in [0.05, 0.1) is 6.33 Å². The van der Waals surface area contributed by atoms with E-state index in [-0.39, 0.29) is 42.4 Å². The summed E-state index contributed by atoms with van der Waals surface area (Å²) in [4.78, 5) is 23.5. The smallest absolute Gasteiger partial charge is 0.312 e. The van der Waals surface area contributed by atoms with E-state index < -0.39 is 24.0 Å². The van der Waals surface area contributed by atoms with Gasteiger partial charge in [0.25, 0.3) is 0 Å². The van der Waals surface area contributed by atoms with Crippen LogP contribution in [0.1, 0.15) is 90.2 Å². The molecule has 0 radical (unpaired) electrons. The first-order valence-electron chi connectivity index (χ1n) is 12.5. The Morgan fingerprint density at radius 1 is 1.26 bits per heavy atom. The number of anilines is 1. The molecule has 3 N–H and O–H groups in total. The number of terminal acetylenes is 1. The van der Waals surface area contributed by atoms with Crippen molar-refractivity contribution < 1.29 is 23.8 Å². The number of rotatable bonds is 14. The quantitative estimate of drug-likeness (QED) is 0.176. The molecule has 0 amide bonds. The number of esters is 1. The molecule has 35 heavy (non-hydrogen) atoms. The van der Waals surface area contributed by atoms with Crippen LogP contribution in [0.3, 0.4) is 0 Å². The topological polar surface area (TPSA) is 125 Å². The summed E-state index contributed by atoms with van der Waals surface area (Å²) in [5, 5.41) is 10.6. The van der Waals surface area contributed by atoms with Gasteiger partial charge in [0.15, 0.2) is 22.6 Å². The van der Waals surface area contributed by atoms with Crippen LogP contribution in [-0.4, -0.2) is 48.9 Å². The van der Waals surface area contributed by atoms with Crippen molar-refractivity contribution in [2.24, 2.45) is 0 Å². The van der Waals surface area contributed by atoms with Crippen LogP contribution in [0.2, 0.25) is 0 Å². The van der Waals surface area contributed by atoms with E-state index in [2.05, 4.69) is 27.8 Å². The highest BCUT2D eigenvalue weighted by Gasteiger charge is 2.49. The van der Waals surface area contributed by atoms with Crippen molar-refractivity contribution in [1.29, 1.82) is 0 Å². The lowest BCUT2D eigenvalue weighted by Gasteiger charge is -2.26. The molecule has 0 saturated carbocycles. The maximum Gasteiger partial charge on any atom is 0.312 e. The summed E-state index contributed by atoms with van der Waals surface area (Å²) < 4.78 is 26.4. The number of unbranched alkanes of at least 4 members (excludes halogenated alkanes) is 9. The Morgan fingerprint density at radius 3 is 2.57 bits per heavy atom. The van der Waals surface area contributed by atoms with Gasteiger partial charge in [-0.3, -0.25) is 9.36 Å². The van der Waals surface area contributed by atoms with E-state index in [0.717, 1.165) is 19.3 Å². The van der Waals surface area contributed by atoms with E-state index in [9.17, 15) is 14.3 Å². The van der Waals surface area contributed by atoms with E-state index in [1.807, 2.05) is 0 Å². The van der Waals surface area contributed by atoms with Gasteiger partial charge in [0.1, 0.15) is 18.9 Å². The van der Waals surface area contributed by atoms with Crippen LogP contribution in [0.15, 0.2) is 6.33 Å². The minimum absolute atomic E-state index is 0.0805. The van der Waals surface area contributed by atoms with Gasteiger partial charge in [-0.2, -0.15) is 14.4 Å². The number of carbonyl (C=O) groups excluding carboxylic acids is 1. The second-order valence-corrected chi connectivity index (χ2v) is 9.15. The predicted molar refractivity (Wildman–Crippen MR) is 129 cm³/mol. The van der Waals surface area contributed by atoms with Crippen molar-refractivity contribution in [2.75, 3.05) is 12.3 Å². The molecular weight excluding hydrogens is 453 g/mol. The van der Waals surface area contributed by atoms with Gasteiger partial charge >= 0.3 is 12.0 Å². The van der Waals surface area contributed by atoms with Crippen LogP contribution < -0.4 is 5.73 Å². The number of nitrogens with two attached hydrogens (primary N) is 1. The number of carbonyl (C=O) groups is 1. The summed E-state index contributed by atoms with van der Waals surface area (Å²) in [6.45, 7) is 1.94. The summed E-state index contributed by atoms with van der Waals surface area (Å²) in [5.41, 5.74) is 4.52. The summed E-state index contributed by atoms with van der Waals surface area (Å²) in [7, 11) is 0. The molecule has 3 rings (SSSR count). The highest BCUT2D eigenvalue weighted by Crippen LogP contribution is 2.38. The van der Waals surface area contributed by atoms with Crippen LogP contribution >= 0.6 is 0 Å². The molecule has 1 saturated heterocycles. The summed E-state index contributed by atoms with van der Waals surface area (Å²) in [5.74, 6) is 1.96. The number of aliphatic hydroxyl groups is 1. The number of aliphatic hydroxyl groups excluding tert-OH is 1. The van der Waals surface area contributed by atoms with Gasteiger partial charge in [0, 0.05) is 12.8 Å². The summed E-state index contributed by atoms with van der Waals surface area (Å²) >= 11 is 0. The van der Waals surface area contributed by atoms with Crippen molar-refractivity contribution in [2.45, 2.75) is 102 Å². The van der Waals surface area contributed by atoms with Crippen molar-refractivity contribution in [3.05, 3.63) is 12.4 Å². The molecule has 0 aliphatic carbocycles. The number of ether oxygens (including phenoxy) is 2. The molecule has 0 bridgehead atoms. The average molecular weight is 490 g/mol. The molecule has 3 atom stereocenters. The van der Waals surface area contributed by atoms with Crippen molar-refractivity contribution >= 4 is 23.0 Å². The van der Waals surface area contributed by atoms with Crippen molar-refractivity contribution in [1.82, 2.24) is 19.5 Å². The molecular formula is C25H36FN5O4. The van der Waals surface area contributed by atoms with Gasteiger partial charge in [0.2, 0.25) is 0 Å². The number of nitrogen functional groups attached to an aromatic ring is 1. The van der Waals surface area contributed by atoms with E-state index in [4.69, 9.17) is 21.6 Å². The molecule has 1 fully saturated rings. The minimum Gasteiger partial charge on any atom is -0.461 e. The van der Waals surface area contributed by atoms with Crippen molar-refractivity contribution in [3.63, 3.8) is 0 Å². The van der Waals surface area contributed by atoms with Crippen LogP contribution in [0.25, 0.3) is 11.2 Å². The number of nitrogens with zero attached hydrogens (tertiary/aromatic N) is 4. The van der Waals surface area contributed by atoms with Gasteiger partial charge < -0.3 is 20.3 Å². The number of halogens is 1. The molecule has 1 aliphatic rings. The highest BCUT2D eigenvalue weighted by molar-refractivity contribution is 5.81. The zero-order chi connectivity index (χ0) is 25.3. The normalized spacial score (nSPS) is 21.9. The predicted octanol–water partition coefficient (Wildman–Crippen LogP) is 4.05. The number of hydrogen-bond donors (Lipinski definition) is 2. The molecule has 0 aromatic carbocycles. The fraction of sp³-hybridized carbons (Fsp3) is 0.680. The Hall–Kier alpha value is -2.77. The molecule has 0 spiro atoms. The van der Waals surface area contributed by atoms with Gasteiger partial charge in [-0.25, -0.2) is 4.98 Å². The molecule has 192 valence electrons. The van der Waals surface area contributed by atoms with E-state index in [1.54, 1.807) is 0 Å². The Kier molecular flexibility index (Phi) is 9.81. The lowest BCUT2D eigenvalue weighted by molar-refractivity contribution is -0.156. The first-order chi connectivity index (χ1) is 16.9. The SMILES string of the molecule is C#C[C@]1(COC(=O)CCCCCCCCCCCC)O[C@@H](n2cnc3c(N)nc(F)nc32)C[C@@H]1O. The Bertz CT molecular complexity index is 1020. The fourth-order valence-corrected chi connectivity index (χ4v) is 4.36. The standard InChI is InChI=1S/C25H36FN5O4/c1-3-5-6-7-8-9-10-11-12-13-14-20(33)34-16-25(4-2)18(32)15-19(35-25)31-17-28-21-22(27)29-24(26)30-23(21)31/h2,17-19,32H,3,5-16H2,1H3,(H2,27,29,30)/t18-,19+,25+/m0/s1. The second kappa shape index (κ2) is 12.8. The molecule has 9 nitrogen and oxygen atoms in total. The second-order valence-electron chi connectivity index (χ2n) is 9.15. The van der Waals surface area contributed by atoms with Gasteiger partial charge in [-0.15, -0.1) is 6.42 Å². The third-order valence-corrected chi connectivity index (χ3v) is 6.47. The maximum absolute atomic E-state index is 13.7. The monoisotopic (exact) mass is 489 g/mol. The minimum atomic E-state index is -1.52. The number of aromatic nitrogens is 4. The Labute approximate surface area is 205 Å². The fourth-order valence-electron chi connectivity index (χ4n) is 4.36. The van der Waals surface area contributed by atoms with Crippen LogP contribution in [0.5, 0.6) is 0 Å². The molecule has 10 heteroatoms.